The summed E-state index contributed by atoms with van der Waals surface area (Å²) in [6, 6.07) is 9.45. The van der Waals surface area contributed by atoms with Crippen LogP contribution in [0.15, 0.2) is 35.2 Å². The fourth-order valence-corrected chi connectivity index (χ4v) is 1.85. The number of alkyl halides is 3. The Labute approximate surface area is 85.5 Å². The first-order valence-corrected chi connectivity index (χ1v) is 5.31. The van der Waals surface area contributed by atoms with Crippen molar-refractivity contribution in [1.82, 2.24) is 0 Å². The van der Waals surface area contributed by atoms with Crippen LogP contribution in [0, 0.1) is 0 Å². The van der Waals surface area contributed by atoms with Crippen molar-refractivity contribution in [3.8, 4) is 0 Å². The first-order valence-electron chi connectivity index (χ1n) is 4.32. The van der Waals surface area contributed by atoms with Crippen LogP contribution in [0.2, 0.25) is 0 Å². The highest BCUT2D eigenvalue weighted by atomic mass is 32.2. The maximum Gasteiger partial charge on any atom is 0.389 e. The second-order valence-corrected chi connectivity index (χ2v) is 4.05. The molecule has 1 aromatic rings. The van der Waals surface area contributed by atoms with E-state index in [0.29, 0.717) is 5.75 Å². The third-order valence-corrected chi connectivity index (χ3v) is 2.71. The quantitative estimate of drug-likeness (QED) is 0.543. The van der Waals surface area contributed by atoms with Gasteiger partial charge in [-0.1, -0.05) is 18.2 Å². The van der Waals surface area contributed by atoms with Crippen molar-refractivity contribution in [3.63, 3.8) is 0 Å². The van der Waals surface area contributed by atoms with Crippen LogP contribution >= 0.6 is 11.8 Å². The Bertz CT molecular complexity index is 256. The lowest BCUT2D eigenvalue weighted by atomic mass is 10.3. The molecule has 0 aliphatic rings. The molecule has 0 fully saturated rings. The highest BCUT2D eigenvalue weighted by molar-refractivity contribution is 7.99. The van der Waals surface area contributed by atoms with E-state index in [2.05, 4.69) is 0 Å². The van der Waals surface area contributed by atoms with Crippen LogP contribution in [0.4, 0.5) is 13.2 Å². The molecule has 0 aromatic heterocycles. The van der Waals surface area contributed by atoms with E-state index in [0.717, 1.165) is 4.90 Å². The lowest BCUT2D eigenvalue weighted by molar-refractivity contribution is -0.134. The zero-order chi connectivity index (χ0) is 10.4. The average molecular weight is 220 g/mol. The van der Waals surface area contributed by atoms with Crippen molar-refractivity contribution in [2.75, 3.05) is 5.75 Å². The SMILES string of the molecule is FC(F)(F)CCCSc1ccccc1. The second kappa shape index (κ2) is 5.29. The van der Waals surface area contributed by atoms with Crippen LogP contribution in [-0.4, -0.2) is 11.9 Å². The summed E-state index contributed by atoms with van der Waals surface area (Å²) >= 11 is 1.46. The molecule has 0 atom stereocenters. The van der Waals surface area contributed by atoms with Crippen molar-refractivity contribution in [2.24, 2.45) is 0 Å². The van der Waals surface area contributed by atoms with Crippen LogP contribution in [0.1, 0.15) is 12.8 Å². The Kier molecular flexibility index (Phi) is 4.32. The number of benzene rings is 1. The van der Waals surface area contributed by atoms with E-state index < -0.39 is 12.6 Å². The van der Waals surface area contributed by atoms with E-state index in [4.69, 9.17) is 0 Å². The van der Waals surface area contributed by atoms with Crippen LogP contribution in [0.3, 0.4) is 0 Å². The zero-order valence-electron chi connectivity index (χ0n) is 7.55. The van der Waals surface area contributed by atoms with Crippen molar-refractivity contribution in [3.05, 3.63) is 30.3 Å². The van der Waals surface area contributed by atoms with Gasteiger partial charge in [0, 0.05) is 11.3 Å². The molecule has 1 rings (SSSR count). The summed E-state index contributed by atoms with van der Waals surface area (Å²) < 4.78 is 35.3. The maximum absolute atomic E-state index is 11.8. The number of hydrogen-bond acceptors (Lipinski definition) is 1. The molecule has 0 heterocycles. The van der Waals surface area contributed by atoms with Gasteiger partial charge in [-0.2, -0.15) is 13.2 Å². The Morgan fingerprint density at radius 1 is 1.07 bits per heavy atom. The van der Waals surface area contributed by atoms with Crippen molar-refractivity contribution in [1.29, 1.82) is 0 Å². The van der Waals surface area contributed by atoms with Gasteiger partial charge < -0.3 is 0 Å². The van der Waals surface area contributed by atoms with Crippen LogP contribution in [0.5, 0.6) is 0 Å². The minimum atomic E-state index is -4.02. The first kappa shape index (κ1) is 11.4. The van der Waals surface area contributed by atoms with Gasteiger partial charge in [0.2, 0.25) is 0 Å². The molecule has 1 aromatic carbocycles. The molecule has 0 saturated carbocycles. The van der Waals surface area contributed by atoms with Gasteiger partial charge in [-0.25, -0.2) is 0 Å². The Balaban J connectivity index is 2.17. The third kappa shape index (κ3) is 5.17. The summed E-state index contributed by atoms with van der Waals surface area (Å²) in [5, 5.41) is 0. The minimum absolute atomic E-state index is 0.184. The number of rotatable bonds is 4. The summed E-state index contributed by atoms with van der Waals surface area (Å²) in [5.74, 6) is 0.517. The Hall–Kier alpha value is -0.640. The highest BCUT2D eigenvalue weighted by Gasteiger charge is 2.25. The fourth-order valence-electron chi connectivity index (χ4n) is 0.979. The largest absolute Gasteiger partial charge is 0.389 e. The van der Waals surface area contributed by atoms with Gasteiger partial charge in [0.25, 0.3) is 0 Å². The van der Waals surface area contributed by atoms with E-state index in [1.807, 2.05) is 30.3 Å². The van der Waals surface area contributed by atoms with E-state index in [9.17, 15) is 13.2 Å². The van der Waals surface area contributed by atoms with Crippen LogP contribution in [0.25, 0.3) is 0 Å². The molecule has 0 aliphatic heterocycles. The standard InChI is InChI=1S/C10H11F3S/c11-10(12,13)7-4-8-14-9-5-2-1-3-6-9/h1-3,5-6H,4,7-8H2. The summed E-state index contributed by atoms with van der Waals surface area (Å²) in [4.78, 5) is 1.02. The van der Waals surface area contributed by atoms with Gasteiger partial charge in [-0.3, -0.25) is 0 Å². The predicted molar refractivity (Wildman–Crippen MR) is 52.5 cm³/mol. The lowest BCUT2D eigenvalue weighted by Gasteiger charge is -2.05. The van der Waals surface area contributed by atoms with Crippen molar-refractivity contribution < 1.29 is 13.2 Å². The van der Waals surface area contributed by atoms with Crippen LogP contribution < -0.4 is 0 Å². The lowest BCUT2D eigenvalue weighted by Crippen LogP contribution is -2.06. The van der Waals surface area contributed by atoms with Crippen molar-refractivity contribution in [2.45, 2.75) is 23.9 Å². The molecule has 0 aliphatic carbocycles. The summed E-state index contributed by atoms with van der Waals surface area (Å²) in [6.45, 7) is 0. The van der Waals surface area contributed by atoms with E-state index in [1.165, 1.54) is 11.8 Å². The highest BCUT2D eigenvalue weighted by Crippen LogP contribution is 2.24. The molecule has 0 bridgehead atoms. The molecule has 0 amide bonds. The Morgan fingerprint density at radius 3 is 2.29 bits per heavy atom. The van der Waals surface area contributed by atoms with E-state index in [-0.39, 0.29) is 6.42 Å². The van der Waals surface area contributed by atoms with E-state index >= 15 is 0 Å². The van der Waals surface area contributed by atoms with E-state index in [1.54, 1.807) is 0 Å². The second-order valence-electron chi connectivity index (χ2n) is 2.88. The molecule has 0 N–H and O–H groups in total. The molecule has 0 unspecified atom stereocenters. The summed E-state index contributed by atoms with van der Waals surface area (Å²) in [5.41, 5.74) is 0. The number of halogens is 3. The predicted octanol–water partition coefficient (Wildman–Crippen LogP) is 4.12. The number of thioether (sulfide) groups is 1. The van der Waals surface area contributed by atoms with Gasteiger partial charge in [0.1, 0.15) is 0 Å². The molecule has 4 heteroatoms. The topological polar surface area (TPSA) is 0 Å². The normalized spacial score (nSPS) is 11.6. The molecule has 0 nitrogen and oxygen atoms in total. The maximum atomic E-state index is 11.8. The summed E-state index contributed by atoms with van der Waals surface area (Å²) in [7, 11) is 0. The molecular formula is C10H11F3S. The number of hydrogen-bond donors (Lipinski definition) is 0. The summed E-state index contributed by atoms with van der Waals surface area (Å²) in [6.07, 6.45) is -4.52. The van der Waals surface area contributed by atoms with Gasteiger partial charge in [0.05, 0.1) is 0 Å². The molecule has 14 heavy (non-hydrogen) atoms. The smallest absolute Gasteiger partial charge is 0.171 e. The van der Waals surface area contributed by atoms with Gasteiger partial charge in [0.15, 0.2) is 0 Å². The molecule has 0 spiro atoms. The molecule has 78 valence electrons. The average Bonchev–Trinajstić information content (AvgIpc) is 2.13. The zero-order valence-corrected chi connectivity index (χ0v) is 8.37. The first-order chi connectivity index (χ1) is 6.58. The van der Waals surface area contributed by atoms with Gasteiger partial charge >= 0.3 is 6.18 Å². The van der Waals surface area contributed by atoms with Gasteiger partial charge in [-0.05, 0) is 24.3 Å². The minimum Gasteiger partial charge on any atom is -0.171 e. The molecule has 0 saturated heterocycles. The fraction of sp³-hybridized carbons (Fsp3) is 0.400. The third-order valence-electron chi connectivity index (χ3n) is 1.62. The molecule has 0 radical (unpaired) electrons. The Morgan fingerprint density at radius 2 is 1.71 bits per heavy atom. The molecular weight excluding hydrogens is 209 g/mol. The van der Waals surface area contributed by atoms with Crippen molar-refractivity contribution >= 4 is 11.8 Å². The van der Waals surface area contributed by atoms with Crippen LogP contribution in [-0.2, 0) is 0 Å². The van der Waals surface area contributed by atoms with Gasteiger partial charge in [-0.15, -0.1) is 11.8 Å². The monoisotopic (exact) mass is 220 g/mol.